The highest BCUT2D eigenvalue weighted by Gasteiger charge is 2.16. The van der Waals surface area contributed by atoms with Gasteiger partial charge in [0.2, 0.25) is 5.91 Å². The molecule has 0 bridgehead atoms. The molecule has 11 nitrogen and oxygen atoms in total. The summed E-state index contributed by atoms with van der Waals surface area (Å²) in [5.74, 6) is -2.29. The Balaban J connectivity index is -0.000000320. The zero-order valence-electron chi connectivity index (χ0n) is 16.4. The molecular weight excluding hydrogens is 372 g/mol. The van der Waals surface area contributed by atoms with Crippen molar-refractivity contribution in [3.8, 4) is 0 Å². The van der Waals surface area contributed by atoms with Crippen LogP contribution in [0.15, 0.2) is 25.9 Å². The lowest BCUT2D eigenvalue weighted by molar-refractivity contribution is -0.144. The second-order valence-electron chi connectivity index (χ2n) is 6.06. The lowest BCUT2D eigenvalue weighted by atomic mass is 10.1. The first-order chi connectivity index (χ1) is 12.8. The van der Waals surface area contributed by atoms with Gasteiger partial charge in [0.25, 0.3) is 0 Å². The third-order valence-corrected chi connectivity index (χ3v) is 2.74. The van der Waals surface area contributed by atoms with Gasteiger partial charge in [-0.2, -0.15) is 0 Å². The molecule has 11 heteroatoms. The molecule has 8 N–H and O–H groups in total. The van der Waals surface area contributed by atoms with E-state index in [0.29, 0.717) is 6.42 Å². The average molecular weight is 404 g/mol. The minimum absolute atomic E-state index is 0.208. The molecule has 1 fully saturated rings. The van der Waals surface area contributed by atoms with Gasteiger partial charge in [0.1, 0.15) is 6.04 Å². The number of hydrogen-bond acceptors (Lipinski definition) is 6. The molecule has 0 aromatic carbocycles. The van der Waals surface area contributed by atoms with Gasteiger partial charge in [0.15, 0.2) is 0 Å². The SMILES string of the molecule is C=C.C=CN1CCCC1=O.CC(C)(N)CNC(=O)O.NC(CC(=O)O)C(=O)O. The first kappa shape index (κ1) is 29.8. The molecule has 0 saturated carbocycles. The molecule has 1 unspecified atom stereocenters. The minimum atomic E-state index is -1.29. The predicted molar refractivity (Wildman–Crippen MR) is 105 cm³/mol. The molecule has 0 aromatic heterocycles. The maximum absolute atomic E-state index is 10.7. The normalized spacial score (nSPS) is 13.3. The van der Waals surface area contributed by atoms with Crippen molar-refractivity contribution in [2.75, 3.05) is 13.1 Å². The van der Waals surface area contributed by atoms with Crippen molar-refractivity contribution >= 4 is 23.9 Å². The Labute approximate surface area is 164 Å². The summed E-state index contributed by atoms with van der Waals surface area (Å²) < 4.78 is 0. The number of rotatable bonds is 6. The Morgan fingerprint density at radius 3 is 1.93 bits per heavy atom. The smallest absolute Gasteiger partial charge is 0.404 e. The molecule has 0 aromatic rings. The van der Waals surface area contributed by atoms with Crippen molar-refractivity contribution in [3.63, 3.8) is 0 Å². The monoisotopic (exact) mass is 404 g/mol. The standard InChI is InChI=1S/C6H9NO.C5H12N2O2.C4H7NO4.C2H4/c1-2-7-5-3-4-6(7)8;1-5(2,6)3-7-4(8)9;5-2(4(8)9)1-3(6)7;1-2/h2H,1,3-5H2;7H,3,6H2,1-2H3,(H,8,9);2H,1,5H2,(H,6,7)(H,8,9);1-2H2. The number of carboxylic acid groups (broad SMARTS) is 3. The van der Waals surface area contributed by atoms with Gasteiger partial charge in [-0.3, -0.25) is 14.4 Å². The molecule has 0 radical (unpaired) electrons. The van der Waals surface area contributed by atoms with E-state index in [0.717, 1.165) is 13.0 Å². The quantitative estimate of drug-likeness (QED) is 0.340. The van der Waals surface area contributed by atoms with Crippen molar-refractivity contribution in [3.05, 3.63) is 25.9 Å². The Bertz CT molecular complexity index is 518. The molecule has 1 aliphatic heterocycles. The van der Waals surface area contributed by atoms with Gasteiger partial charge >= 0.3 is 18.0 Å². The summed E-state index contributed by atoms with van der Waals surface area (Å²) >= 11 is 0. The van der Waals surface area contributed by atoms with Crippen LogP contribution in [0.5, 0.6) is 0 Å². The fraction of sp³-hybridized carbons (Fsp3) is 0.529. The van der Waals surface area contributed by atoms with Gasteiger partial charge in [0, 0.05) is 25.0 Å². The van der Waals surface area contributed by atoms with Gasteiger partial charge in [-0.05, 0) is 26.5 Å². The summed E-state index contributed by atoms with van der Waals surface area (Å²) in [7, 11) is 0. The highest BCUT2D eigenvalue weighted by molar-refractivity contribution is 5.80. The largest absolute Gasteiger partial charge is 0.481 e. The molecule has 1 aliphatic rings. The molecule has 1 saturated heterocycles. The second-order valence-corrected chi connectivity index (χ2v) is 6.06. The summed E-state index contributed by atoms with van der Waals surface area (Å²) in [6, 6.07) is -1.29. The summed E-state index contributed by atoms with van der Waals surface area (Å²) in [6.45, 7) is 14.1. The first-order valence-corrected chi connectivity index (χ1v) is 8.18. The van der Waals surface area contributed by atoms with Crippen molar-refractivity contribution in [2.45, 2.75) is 44.7 Å². The van der Waals surface area contributed by atoms with Crippen LogP contribution >= 0.6 is 0 Å². The Kier molecular flexibility index (Phi) is 17.3. The van der Waals surface area contributed by atoms with E-state index in [2.05, 4.69) is 25.1 Å². The van der Waals surface area contributed by atoms with E-state index in [1.165, 1.54) is 0 Å². The van der Waals surface area contributed by atoms with Gasteiger partial charge in [-0.1, -0.05) is 6.58 Å². The molecule has 0 aliphatic carbocycles. The summed E-state index contributed by atoms with van der Waals surface area (Å²) in [6.07, 6.45) is 1.72. The van der Waals surface area contributed by atoms with E-state index in [-0.39, 0.29) is 12.5 Å². The van der Waals surface area contributed by atoms with E-state index in [9.17, 15) is 19.2 Å². The van der Waals surface area contributed by atoms with Crippen LogP contribution in [0.2, 0.25) is 0 Å². The maximum Gasteiger partial charge on any atom is 0.404 e. The van der Waals surface area contributed by atoms with Gasteiger partial charge in [-0.25, -0.2) is 4.79 Å². The zero-order valence-corrected chi connectivity index (χ0v) is 16.4. The summed E-state index contributed by atoms with van der Waals surface area (Å²) in [5.41, 5.74) is 9.84. The number of nitrogens with two attached hydrogens (primary N) is 2. The molecule has 2 amide bonds. The van der Waals surface area contributed by atoms with Crippen LogP contribution in [0.4, 0.5) is 4.79 Å². The van der Waals surface area contributed by atoms with Gasteiger partial charge < -0.3 is 37.0 Å². The predicted octanol–water partition coefficient (Wildman–Crippen LogP) is 0.419. The second kappa shape index (κ2) is 16.3. The molecular formula is C17H32N4O7. The third-order valence-electron chi connectivity index (χ3n) is 2.74. The van der Waals surface area contributed by atoms with Crippen LogP contribution in [-0.4, -0.2) is 68.8 Å². The molecule has 162 valence electrons. The first-order valence-electron chi connectivity index (χ1n) is 8.18. The molecule has 1 heterocycles. The van der Waals surface area contributed by atoms with E-state index in [1.54, 1.807) is 24.9 Å². The van der Waals surface area contributed by atoms with E-state index >= 15 is 0 Å². The molecule has 0 spiro atoms. The number of carbonyl (C=O) groups excluding carboxylic acids is 1. The van der Waals surface area contributed by atoms with Crippen LogP contribution in [0.1, 0.15) is 33.1 Å². The van der Waals surface area contributed by atoms with Crippen LogP contribution in [-0.2, 0) is 14.4 Å². The number of aliphatic carboxylic acids is 2. The highest BCUT2D eigenvalue weighted by atomic mass is 16.4. The van der Waals surface area contributed by atoms with Crippen LogP contribution in [0.3, 0.4) is 0 Å². The Hall–Kier alpha value is -2.92. The van der Waals surface area contributed by atoms with E-state index < -0.39 is 36.0 Å². The average Bonchev–Trinajstić information content (AvgIpc) is 3.00. The number of likely N-dealkylation sites (tertiary alicyclic amines) is 1. The van der Waals surface area contributed by atoms with E-state index in [1.807, 2.05) is 0 Å². The fourth-order valence-corrected chi connectivity index (χ4v) is 1.44. The van der Waals surface area contributed by atoms with E-state index in [4.69, 9.17) is 26.8 Å². The molecule has 28 heavy (non-hydrogen) atoms. The van der Waals surface area contributed by atoms with Crippen LogP contribution < -0.4 is 16.8 Å². The molecule has 1 atom stereocenters. The number of amides is 2. The maximum atomic E-state index is 10.7. The Morgan fingerprint density at radius 1 is 1.29 bits per heavy atom. The third kappa shape index (κ3) is 21.1. The number of carbonyl (C=O) groups is 4. The number of carboxylic acids is 2. The van der Waals surface area contributed by atoms with Crippen molar-refractivity contribution in [1.29, 1.82) is 0 Å². The lowest BCUT2D eigenvalue weighted by Crippen LogP contribution is -2.44. The molecule has 1 rings (SSSR count). The van der Waals surface area contributed by atoms with Gasteiger partial charge in [-0.15, -0.1) is 13.2 Å². The zero-order chi connectivity index (χ0) is 22.9. The summed E-state index contributed by atoms with van der Waals surface area (Å²) in [4.78, 5) is 41.8. The lowest BCUT2D eigenvalue weighted by Gasteiger charge is -2.16. The minimum Gasteiger partial charge on any atom is -0.481 e. The highest BCUT2D eigenvalue weighted by Crippen LogP contribution is 2.08. The topological polar surface area (TPSA) is 196 Å². The number of nitrogens with one attached hydrogen (secondary N) is 1. The van der Waals surface area contributed by atoms with Crippen LogP contribution in [0.25, 0.3) is 0 Å². The van der Waals surface area contributed by atoms with Crippen molar-refractivity contribution < 1.29 is 34.5 Å². The van der Waals surface area contributed by atoms with Crippen molar-refractivity contribution in [1.82, 2.24) is 10.2 Å². The number of nitrogens with zero attached hydrogens (tertiary/aromatic N) is 1. The summed E-state index contributed by atoms with van der Waals surface area (Å²) in [5, 5.41) is 26.3. The Morgan fingerprint density at radius 2 is 1.79 bits per heavy atom. The van der Waals surface area contributed by atoms with Crippen molar-refractivity contribution in [2.24, 2.45) is 11.5 Å². The number of hydrogen-bond donors (Lipinski definition) is 6. The van der Waals surface area contributed by atoms with Crippen LogP contribution in [0, 0.1) is 0 Å². The van der Waals surface area contributed by atoms with Gasteiger partial charge in [0.05, 0.1) is 6.42 Å². The fourth-order valence-electron chi connectivity index (χ4n) is 1.44.